The second-order valence-electron chi connectivity index (χ2n) is 6.72. The lowest BCUT2D eigenvalue weighted by Crippen LogP contribution is -2.34. The van der Waals surface area contributed by atoms with Crippen molar-refractivity contribution in [1.82, 2.24) is 10.1 Å². The molecule has 0 unspecified atom stereocenters. The Kier molecular flexibility index (Phi) is 3.43. The Morgan fingerprint density at radius 2 is 2.04 bits per heavy atom. The van der Waals surface area contributed by atoms with Gasteiger partial charge in [-0.05, 0) is 43.0 Å². The summed E-state index contributed by atoms with van der Waals surface area (Å²) in [6, 6.07) is 5.55. The molecule has 1 aromatic carbocycles. The number of aromatic nitrogens is 2. The molecule has 128 valence electrons. The van der Waals surface area contributed by atoms with Crippen LogP contribution >= 0.6 is 0 Å². The van der Waals surface area contributed by atoms with Gasteiger partial charge in [-0.2, -0.15) is 4.98 Å². The Morgan fingerprint density at radius 3 is 2.75 bits per heavy atom. The number of rotatable bonds is 3. The minimum absolute atomic E-state index is 0.433. The van der Waals surface area contributed by atoms with Gasteiger partial charge in [-0.3, -0.25) is 4.31 Å². The van der Waals surface area contributed by atoms with Crippen molar-refractivity contribution in [3.05, 3.63) is 29.6 Å². The molecule has 0 atom stereocenters. The molecule has 0 radical (unpaired) electrons. The van der Waals surface area contributed by atoms with Gasteiger partial charge in [-0.1, -0.05) is 18.0 Å². The molecule has 7 nitrogen and oxygen atoms in total. The summed E-state index contributed by atoms with van der Waals surface area (Å²) in [4.78, 5) is 4.49. The molecule has 0 bridgehead atoms. The van der Waals surface area contributed by atoms with Crippen LogP contribution in [0.15, 0.2) is 22.7 Å². The van der Waals surface area contributed by atoms with Gasteiger partial charge < -0.3 is 10.3 Å². The molecule has 1 fully saturated rings. The average molecular weight is 348 g/mol. The highest BCUT2D eigenvalue weighted by atomic mass is 32.2. The van der Waals surface area contributed by atoms with Crippen LogP contribution in [0.3, 0.4) is 0 Å². The summed E-state index contributed by atoms with van der Waals surface area (Å²) in [5.74, 6) is 0.996. The lowest BCUT2D eigenvalue weighted by Gasteiger charge is -2.17. The van der Waals surface area contributed by atoms with E-state index in [4.69, 9.17) is 10.3 Å². The largest absolute Gasteiger partial charge is 0.334 e. The van der Waals surface area contributed by atoms with Crippen molar-refractivity contribution >= 4 is 15.7 Å². The number of hydrogen-bond donors (Lipinski definition) is 1. The van der Waals surface area contributed by atoms with Gasteiger partial charge in [0.05, 0.1) is 17.5 Å². The number of sulfonamides is 1. The first-order valence-corrected chi connectivity index (χ1v) is 9.96. The van der Waals surface area contributed by atoms with Crippen LogP contribution in [0.2, 0.25) is 0 Å². The first-order valence-electron chi connectivity index (χ1n) is 8.11. The van der Waals surface area contributed by atoms with E-state index in [2.05, 4.69) is 10.1 Å². The van der Waals surface area contributed by atoms with Crippen LogP contribution in [0.5, 0.6) is 0 Å². The standard InChI is InChI=1S/C16H20N4O3S/c1-24(21,22)20-9-6-11-10-12(4-5-13(11)20)14-18-15(19-23-14)16(17)7-2-3-8-16/h4-5,10H,2-3,6-9,17H2,1H3. The fourth-order valence-corrected chi connectivity index (χ4v) is 4.58. The minimum atomic E-state index is -3.24. The Morgan fingerprint density at radius 1 is 1.29 bits per heavy atom. The fourth-order valence-electron chi connectivity index (χ4n) is 3.62. The second kappa shape index (κ2) is 5.29. The maximum Gasteiger partial charge on any atom is 0.258 e. The van der Waals surface area contributed by atoms with Crippen molar-refractivity contribution in [2.45, 2.75) is 37.6 Å². The zero-order valence-corrected chi connectivity index (χ0v) is 14.3. The molecule has 1 aliphatic carbocycles. The Hall–Kier alpha value is -1.93. The van der Waals surface area contributed by atoms with E-state index in [1.807, 2.05) is 12.1 Å². The van der Waals surface area contributed by atoms with E-state index in [1.165, 1.54) is 10.6 Å². The van der Waals surface area contributed by atoms with Crippen LogP contribution in [0.1, 0.15) is 37.1 Å². The predicted molar refractivity (Wildman–Crippen MR) is 90.0 cm³/mol. The molecular weight excluding hydrogens is 328 g/mol. The molecule has 0 amide bonds. The van der Waals surface area contributed by atoms with Crippen LogP contribution < -0.4 is 10.0 Å². The highest BCUT2D eigenvalue weighted by Gasteiger charge is 2.36. The van der Waals surface area contributed by atoms with Gasteiger partial charge in [-0.15, -0.1) is 0 Å². The van der Waals surface area contributed by atoms with E-state index < -0.39 is 15.6 Å². The Balaban J connectivity index is 1.66. The van der Waals surface area contributed by atoms with E-state index in [-0.39, 0.29) is 0 Å². The minimum Gasteiger partial charge on any atom is -0.334 e. The third-order valence-corrected chi connectivity index (χ3v) is 6.13. The van der Waals surface area contributed by atoms with Crippen molar-refractivity contribution < 1.29 is 12.9 Å². The van der Waals surface area contributed by atoms with Crippen molar-refractivity contribution in [1.29, 1.82) is 0 Å². The second-order valence-corrected chi connectivity index (χ2v) is 8.62. The predicted octanol–water partition coefficient (Wildman–Crippen LogP) is 1.79. The number of benzene rings is 1. The quantitative estimate of drug-likeness (QED) is 0.907. The number of fused-ring (bicyclic) bond motifs is 1. The van der Waals surface area contributed by atoms with Gasteiger partial charge in [0.2, 0.25) is 10.0 Å². The highest BCUT2D eigenvalue weighted by Crippen LogP contribution is 2.37. The van der Waals surface area contributed by atoms with Crippen molar-refractivity contribution in [2.24, 2.45) is 5.73 Å². The van der Waals surface area contributed by atoms with E-state index in [0.29, 0.717) is 24.7 Å². The smallest absolute Gasteiger partial charge is 0.258 e. The van der Waals surface area contributed by atoms with Gasteiger partial charge in [0.1, 0.15) is 0 Å². The summed E-state index contributed by atoms with van der Waals surface area (Å²) in [5, 5.41) is 4.08. The topological polar surface area (TPSA) is 102 Å². The number of nitrogens with zero attached hydrogens (tertiary/aromatic N) is 3. The van der Waals surface area contributed by atoms with Crippen LogP contribution in [0, 0.1) is 0 Å². The summed E-state index contributed by atoms with van der Waals surface area (Å²) in [6.45, 7) is 0.471. The summed E-state index contributed by atoms with van der Waals surface area (Å²) in [6.07, 6.45) is 5.82. The van der Waals surface area contributed by atoms with Crippen LogP contribution in [-0.2, 0) is 22.0 Å². The third kappa shape index (κ3) is 2.50. The van der Waals surface area contributed by atoms with Crippen LogP contribution in [0.4, 0.5) is 5.69 Å². The molecule has 2 aliphatic rings. The van der Waals surface area contributed by atoms with E-state index >= 15 is 0 Å². The number of anilines is 1. The van der Waals surface area contributed by atoms with Crippen molar-refractivity contribution in [3.63, 3.8) is 0 Å². The van der Waals surface area contributed by atoms with Gasteiger partial charge in [0, 0.05) is 12.1 Å². The number of nitrogens with two attached hydrogens (primary N) is 1. The van der Waals surface area contributed by atoms with E-state index in [1.54, 1.807) is 6.07 Å². The molecule has 2 heterocycles. The normalized spacial score (nSPS) is 19.7. The lowest BCUT2D eigenvalue weighted by molar-refractivity contribution is 0.372. The Bertz CT molecular complexity index is 884. The van der Waals surface area contributed by atoms with Gasteiger partial charge >= 0.3 is 0 Å². The molecule has 24 heavy (non-hydrogen) atoms. The highest BCUT2D eigenvalue weighted by molar-refractivity contribution is 7.92. The van der Waals surface area contributed by atoms with E-state index in [0.717, 1.165) is 42.5 Å². The van der Waals surface area contributed by atoms with E-state index in [9.17, 15) is 8.42 Å². The first kappa shape index (κ1) is 15.6. The Labute approximate surface area is 140 Å². The molecule has 1 aliphatic heterocycles. The first-order chi connectivity index (χ1) is 11.4. The summed E-state index contributed by atoms with van der Waals surface area (Å²) in [5.41, 5.74) is 8.39. The van der Waals surface area contributed by atoms with Crippen molar-refractivity contribution in [3.8, 4) is 11.5 Å². The van der Waals surface area contributed by atoms with Gasteiger partial charge in [0.15, 0.2) is 5.82 Å². The van der Waals surface area contributed by atoms with Gasteiger partial charge in [-0.25, -0.2) is 8.42 Å². The molecule has 1 aromatic heterocycles. The molecular formula is C16H20N4O3S. The van der Waals surface area contributed by atoms with Crippen LogP contribution in [-0.4, -0.2) is 31.4 Å². The average Bonchev–Trinajstić information content (AvgIpc) is 3.24. The molecule has 4 rings (SSSR count). The summed E-state index contributed by atoms with van der Waals surface area (Å²) < 4.78 is 30.5. The SMILES string of the molecule is CS(=O)(=O)N1CCc2cc(-c3nc(C4(N)CCCC4)no3)ccc21. The zero-order chi connectivity index (χ0) is 16.9. The molecule has 2 N–H and O–H groups in total. The maximum absolute atomic E-state index is 11.8. The summed E-state index contributed by atoms with van der Waals surface area (Å²) >= 11 is 0. The zero-order valence-electron chi connectivity index (χ0n) is 13.5. The molecule has 2 aromatic rings. The molecule has 0 saturated heterocycles. The van der Waals surface area contributed by atoms with Gasteiger partial charge in [0.25, 0.3) is 5.89 Å². The fraction of sp³-hybridized carbons (Fsp3) is 0.500. The number of hydrogen-bond acceptors (Lipinski definition) is 6. The lowest BCUT2D eigenvalue weighted by atomic mass is 9.98. The van der Waals surface area contributed by atoms with Crippen molar-refractivity contribution in [2.75, 3.05) is 17.1 Å². The third-order valence-electron chi connectivity index (χ3n) is 4.95. The van der Waals surface area contributed by atoms with Crippen LogP contribution in [0.25, 0.3) is 11.5 Å². The monoisotopic (exact) mass is 348 g/mol. The summed E-state index contributed by atoms with van der Waals surface area (Å²) in [7, 11) is -3.24. The maximum atomic E-state index is 11.8. The molecule has 1 saturated carbocycles. The molecule has 8 heteroatoms. The molecule has 0 spiro atoms.